The molecule has 1 N–H and O–H groups in total. The van der Waals surface area contributed by atoms with Crippen LogP contribution < -0.4 is 10.1 Å². The van der Waals surface area contributed by atoms with Gasteiger partial charge in [-0.25, -0.2) is 0 Å². The summed E-state index contributed by atoms with van der Waals surface area (Å²) in [4.78, 5) is 12.0. The van der Waals surface area contributed by atoms with Crippen LogP contribution in [0.5, 0.6) is 5.75 Å². The fourth-order valence-electron chi connectivity index (χ4n) is 2.95. The van der Waals surface area contributed by atoms with E-state index in [1.54, 1.807) is 0 Å². The van der Waals surface area contributed by atoms with Crippen molar-refractivity contribution < 1.29 is 9.53 Å². The van der Waals surface area contributed by atoms with Crippen molar-refractivity contribution in [2.45, 2.75) is 38.1 Å². The lowest BCUT2D eigenvalue weighted by molar-refractivity contribution is -0.124. The Morgan fingerprint density at radius 3 is 2.64 bits per heavy atom. The molecular weight excluding hydrogens is 342 g/mol. The molecule has 116 valence electrons. The van der Waals surface area contributed by atoms with Gasteiger partial charge in [0.15, 0.2) is 6.61 Å². The maximum absolute atomic E-state index is 12.0. The molecule has 2 aromatic rings. The van der Waals surface area contributed by atoms with Gasteiger partial charge in [0.05, 0.1) is 0 Å². The van der Waals surface area contributed by atoms with Gasteiger partial charge in [-0.2, -0.15) is 0 Å². The molecule has 1 fully saturated rings. The van der Waals surface area contributed by atoms with E-state index in [0.29, 0.717) is 6.04 Å². The van der Waals surface area contributed by atoms with Gasteiger partial charge in [-0.1, -0.05) is 47.3 Å². The summed E-state index contributed by atoms with van der Waals surface area (Å²) in [6.45, 7) is 0.0819. The monoisotopic (exact) mass is 361 g/mol. The second-order valence-corrected chi connectivity index (χ2v) is 6.76. The summed E-state index contributed by atoms with van der Waals surface area (Å²) in [6, 6.07) is 12.3. The molecule has 0 bridgehead atoms. The number of rotatable bonds is 4. The highest BCUT2D eigenvalue weighted by Crippen LogP contribution is 2.24. The van der Waals surface area contributed by atoms with Crippen LogP contribution in [0.3, 0.4) is 0 Å². The van der Waals surface area contributed by atoms with Crippen molar-refractivity contribution in [3.63, 3.8) is 0 Å². The number of nitrogens with one attached hydrogen (secondary N) is 1. The van der Waals surface area contributed by atoms with Crippen molar-refractivity contribution in [1.82, 2.24) is 5.32 Å². The van der Waals surface area contributed by atoms with Gasteiger partial charge in [0, 0.05) is 10.5 Å². The Balaban J connectivity index is 1.56. The van der Waals surface area contributed by atoms with Gasteiger partial charge in [0.2, 0.25) is 0 Å². The summed E-state index contributed by atoms with van der Waals surface area (Å²) < 4.78 is 6.68. The average Bonchev–Trinajstić information content (AvgIpc) is 2.54. The topological polar surface area (TPSA) is 38.3 Å². The minimum Gasteiger partial charge on any atom is -0.484 e. The van der Waals surface area contributed by atoms with E-state index in [2.05, 4.69) is 27.3 Å². The van der Waals surface area contributed by atoms with Crippen molar-refractivity contribution in [3.05, 3.63) is 40.9 Å². The SMILES string of the molecule is O=C(COc1ccc2cc(Br)ccc2c1)NC1CCCCC1. The number of benzene rings is 2. The average molecular weight is 362 g/mol. The first-order valence-electron chi connectivity index (χ1n) is 7.82. The van der Waals surface area contributed by atoms with Gasteiger partial charge in [0.25, 0.3) is 5.91 Å². The van der Waals surface area contributed by atoms with Crippen molar-refractivity contribution in [3.8, 4) is 5.75 Å². The molecule has 0 spiro atoms. The summed E-state index contributed by atoms with van der Waals surface area (Å²) in [5.74, 6) is 0.705. The number of amides is 1. The van der Waals surface area contributed by atoms with E-state index >= 15 is 0 Å². The van der Waals surface area contributed by atoms with Gasteiger partial charge in [0.1, 0.15) is 5.75 Å². The number of hydrogen-bond acceptors (Lipinski definition) is 2. The molecule has 4 heteroatoms. The molecule has 3 rings (SSSR count). The van der Waals surface area contributed by atoms with Crippen molar-refractivity contribution >= 4 is 32.6 Å². The summed E-state index contributed by atoms with van der Waals surface area (Å²) in [6.07, 6.45) is 5.90. The third-order valence-electron chi connectivity index (χ3n) is 4.11. The third-order valence-corrected chi connectivity index (χ3v) is 4.61. The van der Waals surface area contributed by atoms with Crippen molar-refractivity contribution in [1.29, 1.82) is 0 Å². The zero-order valence-electron chi connectivity index (χ0n) is 12.5. The fraction of sp³-hybridized carbons (Fsp3) is 0.389. The van der Waals surface area contributed by atoms with Crippen LogP contribution in [0.2, 0.25) is 0 Å². The number of fused-ring (bicyclic) bond motifs is 1. The van der Waals surface area contributed by atoms with E-state index in [9.17, 15) is 4.79 Å². The molecule has 1 aliphatic carbocycles. The minimum atomic E-state index is -0.0252. The predicted molar refractivity (Wildman–Crippen MR) is 92.2 cm³/mol. The van der Waals surface area contributed by atoms with E-state index in [0.717, 1.165) is 33.8 Å². The molecular formula is C18H20BrNO2. The van der Waals surface area contributed by atoms with Gasteiger partial charge < -0.3 is 10.1 Å². The van der Waals surface area contributed by atoms with E-state index in [1.165, 1.54) is 19.3 Å². The molecule has 3 nitrogen and oxygen atoms in total. The molecule has 1 saturated carbocycles. The highest BCUT2D eigenvalue weighted by molar-refractivity contribution is 9.10. The Morgan fingerprint density at radius 2 is 1.82 bits per heavy atom. The van der Waals surface area contributed by atoms with Crippen LogP contribution in [0, 0.1) is 0 Å². The summed E-state index contributed by atoms with van der Waals surface area (Å²) in [5.41, 5.74) is 0. The predicted octanol–water partition coefficient (Wildman–Crippen LogP) is 4.43. The first-order valence-corrected chi connectivity index (χ1v) is 8.61. The highest BCUT2D eigenvalue weighted by atomic mass is 79.9. The van der Waals surface area contributed by atoms with E-state index < -0.39 is 0 Å². The van der Waals surface area contributed by atoms with Gasteiger partial charge >= 0.3 is 0 Å². The standard InChI is InChI=1S/C18H20BrNO2/c19-15-8-6-14-11-17(9-7-13(14)10-15)22-12-18(21)20-16-4-2-1-3-5-16/h6-11,16H,1-5,12H2,(H,20,21). The Hall–Kier alpha value is -1.55. The second-order valence-electron chi connectivity index (χ2n) is 5.84. The molecule has 0 saturated heterocycles. The first kappa shape index (κ1) is 15.3. The van der Waals surface area contributed by atoms with Crippen LogP contribution in [0.1, 0.15) is 32.1 Å². The molecule has 1 amide bonds. The van der Waals surface area contributed by atoms with E-state index in [4.69, 9.17) is 4.74 Å². The third kappa shape index (κ3) is 4.01. The normalized spacial score (nSPS) is 15.7. The molecule has 0 heterocycles. The molecule has 0 atom stereocenters. The van der Waals surface area contributed by atoms with Crippen LogP contribution in [0.4, 0.5) is 0 Å². The highest BCUT2D eigenvalue weighted by Gasteiger charge is 2.15. The molecule has 1 aliphatic rings. The van der Waals surface area contributed by atoms with Crippen LogP contribution in [-0.2, 0) is 4.79 Å². The Labute approximate surface area is 139 Å². The van der Waals surface area contributed by atoms with Crippen LogP contribution in [0.15, 0.2) is 40.9 Å². The van der Waals surface area contributed by atoms with Crippen LogP contribution in [0.25, 0.3) is 10.8 Å². The van der Waals surface area contributed by atoms with Gasteiger partial charge in [-0.05, 0) is 47.9 Å². The van der Waals surface area contributed by atoms with Crippen LogP contribution in [-0.4, -0.2) is 18.6 Å². The maximum atomic E-state index is 12.0. The summed E-state index contributed by atoms with van der Waals surface area (Å²) >= 11 is 3.46. The first-order chi connectivity index (χ1) is 10.7. The molecule has 2 aromatic carbocycles. The Bertz CT molecular complexity index is 665. The zero-order chi connectivity index (χ0) is 15.4. The number of ether oxygens (including phenoxy) is 1. The lowest BCUT2D eigenvalue weighted by Crippen LogP contribution is -2.38. The lowest BCUT2D eigenvalue weighted by Gasteiger charge is -2.22. The van der Waals surface area contributed by atoms with E-state index in [1.807, 2.05) is 30.3 Å². The fourth-order valence-corrected chi connectivity index (χ4v) is 3.33. The molecule has 0 radical (unpaired) electrons. The minimum absolute atomic E-state index is 0.0252. The Morgan fingerprint density at radius 1 is 1.09 bits per heavy atom. The molecule has 22 heavy (non-hydrogen) atoms. The summed E-state index contributed by atoms with van der Waals surface area (Å²) in [5, 5.41) is 5.32. The van der Waals surface area contributed by atoms with Crippen molar-refractivity contribution in [2.24, 2.45) is 0 Å². The zero-order valence-corrected chi connectivity index (χ0v) is 14.1. The van der Waals surface area contributed by atoms with E-state index in [-0.39, 0.29) is 12.5 Å². The maximum Gasteiger partial charge on any atom is 0.258 e. The number of carbonyl (C=O) groups is 1. The van der Waals surface area contributed by atoms with Crippen LogP contribution >= 0.6 is 15.9 Å². The Kier molecular flexibility index (Phi) is 4.98. The molecule has 0 aromatic heterocycles. The number of hydrogen-bond donors (Lipinski definition) is 1. The number of halogens is 1. The van der Waals surface area contributed by atoms with Gasteiger partial charge in [-0.3, -0.25) is 4.79 Å². The summed E-state index contributed by atoms with van der Waals surface area (Å²) in [7, 11) is 0. The largest absolute Gasteiger partial charge is 0.484 e. The smallest absolute Gasteiger partial charge is 0.258 e. The van der Waals surface area contributed by atoms with Gasteiger partial charge in [-0.15, -0.1) is 0 Å². The molecule has 0 aliphatic heterocycles. The van der Waals surface area contributed by atoms with Crippen molar-refractivity contribution in [2.75, 3.05) is 6.61 Å². The molecule has 0 unspecified atom stereocenters. The lowest BCUT2D eigenvalue weighted by atomic mass is 9.95. The number of carbonyl (C=O) groups excluding carboxylic acids is 1. The second kappa shape index (κ2) is 7.14. The quantitative estimate of drug-likeness (QED) is 0.874.